The van der Waals surface area contributed by atoms with Crippen molar-refractivity contribution in [2.75, 3.05) is 37.7 Å². The lowest BCUT2D eigenvalue weighted by Gasteiger charge is -2.36. The average Bonchev–Trinajstić information content (AvgIpc) is 3.25. The molecule has 1 fully saturated rings. The number of rotatable bonds is 4. The lowest BCUT2D eigenvalue weighted by molar-refractivity contribution is 0.250. The Hall–Kier alpha value is -1.68. The van der Waals surface area contributed by atoms with Gasteiger partial charge in [0.1, 0.15) is 12.0 Å². The third-order valence-corrected chi connectivity index (χ3v) is 7.60. The predicted molar refractivity (Wildman–Crippen MR) is 127 cm³/mol. The smallest absolute Gasteiger partial charge is 0.281 e. The topological polar surface area (TPSA) is 65.4 Å². The first-order valence-electron chi connectivity index (χ1n) is 10.5. The second-order valence-corrected chi connectivity index (χ2v) is 9.73. The largest absolute Gasteiger partial charge is 0.313 e. The second-order valence-electron chi connectivity index (χ2n) is 7.89. The van der Waals surface area contributed by atoms with Crippen LogP contribution in [0.2, 0.25) is 5.02 Å². The Morgan fingerprint density at radius 1 is 1.26 bits per heavy atom. The fraction of sp³-hybridized carbons (Fsp3) is 0.429. The number of hydrogen-bond donors (Lipinski definition) is 2. The van der Waals surface area contributed by atoms with Crippen LogP contribution in [0.15, 0.2) is 34.4 Å². The molecule has 31 heavy (non-hydrogen) atoms. The first-order valence-corrected chi connectivity index (χ1v) is 12.1. The molecule has 4 heterocycles. The van der Waals surface area contributed by atoms with E-state index in [0.717, 1.165) is 39.1 Å². The van der Waals surface area contributed by atoms with Gasteiger partial charge >= 0.3 is 0 Å². The fourth-order valence-corrected chi connectivity index (χ4v) is 5.77. The van der Waals surface area contributed by atoms with Crippen molar-refractivity contribution < 1.29 is 0 Å². The number of benzene rings is 1. The summed E-state index contributed by atoms with van der Waals surface area (Å²) in [5, 5.41) is 12.0. The predicted octanol–water partition coefficient (Wildman–Crippen LogP) is 3.01. The summed E-state index contributed by atoms with van der Waals surface area (Å²) in [5.41, 5.74) is 1.66. The number of halogens is 2. The second kappa shape index (κ2) is 8.69. The van der Waals surface area contributed by atoms with E-state index < -0.39 is 0 Å². The number of hydrogen-bond acceptors (Lipinski definition) is 7. The van der Waals surface area contributed by atoms with Gasteiger partial charge in [-0.15, -0.1) is 11.3 Å². The van der Waals surface area contributed by atoms with E-state index in [1.807, 2.05) is 19.1 Å². The van der Waals surface area contributed by atoms with Gasteiger partial charge < -0.3 is 10.3 Å². The molecular weight excluding hydrogens is 455 g/mol. The van der Waals surface area contributed by atoms with E-state index in [9.17, 15) is 4.79 Å². The highest BCUT2D eigenvalue weighted by atomic mass is 35.5. The molecule has 0 saturated carbocycles. The molecule has 0 amide bonds. The zero-order chi connectivity index (χ0) is 21.5. The number of piperazine rings is 1. The van der Waals surface area contributed by atoms with Crippen LogP contribution in [0.1, 0.15) is 35.4 Å². The summed E-state index contributed by atoms with van der Waals surface area (Å²) in [4.78, 5) is 19.8. The van der Waals surface area contributed by atoms with Crippen LogP contribution in [0.4, 0.5) is 0 Å². The first kappa shape index (κ1) is 21.2. The number of nitrogens with zero attached hydrogens (tertiary/aromatic N) is 4. The summed E-state index contributed by atoms with van der Waals surface area (Å²) in [5.74, 6) is 0.661. The minimum atomic E-state index is -0.219. The number of fused-ring (bicyclic) bond motifs is 2. The van der Waals surface area contributed by atoms with Crippen molar-refractivity contribution in [3.05, 3.63) is 61.3 Å². The highest BCUT2D eigenvalue weighted by Crippen LogP contribution is 2.34. The molecule has 2 aromatic heterocycles. The SMILES string of the molecule is C[C@H](N[C@@H]1c2ccsc2CCN1Cl)c1nc2cccc(Cl)c2c(=O)n1N1CCNCC1. The van der Waals surface area contributed by atoms with E-state index in [0.29, 0.717) is 21.7 Å². The Morgan fingerprint density at radius 3 is 2.87 bits per heavy atom. The van der Waals surface area contributed by atoms with Gasteiger partial charge in [0.2, 0.25) is 0 Å². The molecule has 2 aliphatic heterocycles. The van der Waals surface area contributed by atoms with Gasteiger partial charge in [-0.2, -0.15) is 4.42 Å². The molecule has 0 radical (unpaired) electrons. The van der Waals surface area contributed by atoms with Crippen molar-refractivity contribution in [2.45, 2.75) is 25.6 Å². The number of thiophene rings is 1. The van der Waals surface area contributed by atoms with Crippen LogP contribution in [0.25, 0.3) is 10.9 Å². The van der Waals surface area contributed by atoms with Crippen LogP contribution in [0.3, 0.4) is 0 Å². The van der Waals surface area contributed by atoms with Crippen molar-refractivity contribution >= 4 is 45.6 Å². The lowest BCUT2D eigenvalue weighted by atomic mass is 10.1. The van der Waals surface area contributed by atoms with Crippen LogP contribution in [0, 0.1) is 0 Å². The van der Waals surface area contributed by atoms with E-state index in [4.69, 9.17) is 28.4 Å². The van der Waals surface area contributed by atoms with Gasteiger partial charge in [-0.3, -0.25) is 10.1 Å². The maximum atomic E-state index is 13.6. The molecule has 7 nitrogen and oxygen atoms in total. The highest BCUT2D eigenvalue weighted by molar-refractivity contribution is 7.10. The van der Waals surface area contributed by atoms with Crippen LogP contribution in [-0.2, 0) is 6.42 Å². The van der Waals surface area contributed by atoms with Crippen molar-refractivity contribution in [3.8, 4) is 0 Å². The van der Waals surface area contributed by atoms with Gasteiger partial charge in [0.15, 0.2) is 0 Å². The minimum Gasteiger partial charge on any atom is -0.313 e. The molecule has 10 heteroatoms. The quantitative estimate of drug-likeness (QED) is 0.561. The molecule has 1 saturated heterocycles. The van der Waals surface area contributed by atoms with Gasteiger partial charge in [0.05, 0.1) is 22.0 Å². The summed E-state index contributed by atoms with van der Waals surface area (Å²) in [6.45, 7) is 5.86. The van der Waals surface area contributed by atoms with Gasteiger partial charge in [0, 0.05) is 37.6 Å². The van der Waals surface area contributed by atoms with E-state index in [2.05, 4.69) is 27.1 Å². The first-order chi connectivity index (χ1) is 15.0. The van der Waals surface area contributed by atoms with Crippen molar-refractivity contribution in [3.63, 3.8) is 0 Å². The van der Waals surface area contributed by atoms with Gasteiger partial charge in [-0.25, -0.2) is 9.66 Å². The molecule has 0 aliphatic carbocycles. The monoisotopic (exact) mass is 478 g/mol. The summed E-state index contributed by atoms with van der Waals surface area (Å²) in [6, 6.07) is 7.31. The zero-order valence-electron chi connectivity index (χ0n) is 17.1. The molecular formula is C21H24Cl2N6OS. The minimum absolute atomic E-state index is 0.135. The molecule has 2 N–H and O–H groups in total. The van der Waals surface area contributed by atoms with Crippen molar-refractivity contribution in [1.29, 1.82) is 0 Å². The van der Waals surface area contributed by atoms with Crippen molar-refractivity contribution in [1.82, 2.24) is 24.7 Å². The van der Waals surface area contributed by atoms with Gasteiger partial charge in [-0.1, -0.05) is 17.7 Å². The molecule has 0 bridgehead atoms. The summed E-state index contributed by atoms with van der Waals surface area (Å²) in [6.07, 6.45) is 0.802. The molecule has 3 aromatic rings. The summed E-state index contributed by atoms with van der Waals surface area (Å²) in [7, 11) is 0. The van der Waals surface area contributed by atoms with Crippen LogP contribution in [0.5, 0.6) is 0 Å². The summed E-state index contributed by atoms with van der Waals surface area (Å²) < 4.78 is 3.51. The molecule has 5 rings (SSSR count). The lowest BCUT2D eigenvalue weighted by Crippen LogP contribution is -2.54. The Labute approximate surface area is 194 Å². The number of aromatic nitrogens is 2. The van der Waals surface area contributed by atoms with Gasteiger partial charge in [0.25, 0.3) is 5.56 Å². The highest BCUT2D eigenvalue weighted by Gasteiger charge is 2.31. The number of nitrogens with one attached hydrogen (secondary N) is 2. The van der Waals surface area contributed by atoms with E-state index >= 15 is 0 Å². The normalized spacial score (nSPS) is 20.7. The maximum absolute atomic E-state index is 13.6. The molecule has 2 aliphatic rings. The standard InChI is InChI=1S/C21H24Cl2N6OS/c1-13(25-20-14-6-12-31-17(14)5-9-28(20)23)19-26-16-4-2-3-15(22)18(16)21(30)29(19)27-10-7-24-8-11-27/h2-4,6,12-13,20,24-25H,5,7-11H2,1H3/t13-,20-/m0/s1. The molecule has 1 aromatic carbocycles. The maximum Gasteiger partial charge on any atom is 0.281 e. The molecule has 0 spiro atoms. The van der Waals surface area contributed by atoms with E-state index in [1.165, 1.54) is 10.4 Å². The van der Waals surface area contributed by atoms with Crippen LogP contribution in [-0.4, -0.2) is 46.8 Å². The Bertz CT molecular complexity index is 1160. The zero-order valence-corrected chi connectivity index (χ0v) is 19.5. The Morgan fingerprint density at radius 2 is 2.06 bits per heavy atom. The van der Waals surface area contributed by atoms with Crippen LogP contribution >= 0.6 is 34.7 Å². The third-order valence-electron chi connectivity index (χ3n) is 5.93. The average molecular weight is 479 g/mol. The summed E-state index contributed by atoms with van der Waals surface area (Å²) >= 11 is 14.7. The Balaban J connectivity index is 1.59. The van der Waals surface area contributed by atoms with Gasteiger partial charge in [-0.05, 0) is 54.3 Å². The fourth-order valence-electron chi connectivity index (χ4n) is 4.37. The van der Waals surface area contributed by atoms with E-state index in [-0.39, 0.29) is 17.8 Å². The third kappa shape index (κ3) is 3.86. The molecule has 0 unspecified atom stereocenters. The molecule has 164 valence electrons. The van der Waals surface area contributed by atoms with Crippen LogP contribution < -0.4 is 21.2 Å². The van der Waals surface area contributed by atoms with E-state index in [1.54, 1.807) is 26.5 Å². The molecule has 2 atom stereocenters. The Kier molecular flexibility index (Phi) is 5.94. The van der Waals surface area contributed by atoms with Crippen molar-refractivity contribution in [2.24, 2.45) is 0 Å².